The zero-order valence-corrected chi connectivity index (χ0v) is 9.04. The summed E-state index contributed by atoms with van der Waals surface area (Å²) in [5, 5.41) is 10.2. The van der Waals surface area contributed by atoms with Gasteiger partial charge >= 0.3 is 0 Å². The van der Waals surface area contributed by atoms with Crippen molar-refractivity contribution in [1.29, 1.82) is 0 Å². The molecule has 0 aliphatic carbocycles. The Morgan fingerprint density at radius 3 is 2.56 bits per heavy atom. The fourth-order valence-corrected chi connectivity index (χ4v) is 2.73. The van der Waals surface area contributed by atoms with Crippen molar-refractivity contribution < 1.29 is 9.90 Å². The first-order valence-electron chi connectivity index (χ1n) is 5.81. The van der Waals surface area contributed by atoms with Crippen molar-refractivity contribution in [2.75, 3.05) is 6.54 Å². The Hall–Kier alpha value is -1.35. The maximum atomic E-state index is 11.9. The smallest absolute Gasteiger partial charge is 0.228 e. The molecule has 0 radical (unpaired) electrons. The fraction of sp³-hybridized carbons (Fsp3) is 0.462. The topological polar surface area (TPSA) is 40.5 Å². The zero-order valence-electron chi connectivity index (χ0n) is 9.04. The van der Waals surface area contributed by atoms with E-state index in [1.807, 2.05) is 35.2 Å². The molecule has 0 unspecified atom stereocenters. The molecule has 0 saturated carbocycles. The van der Waals surface area contributed by atoms with E-state index in [2.05, 4.69) is 0 Å². The molecule has 3 nitrogen and oxygen atoms in total. The van der Waals surface area contributed by atoms with Crippen LogP contribution in [-0.4, -0.2) is 28.5 Å². The highest BCUT2D eigenvalue weighted by Gasteiger charge is 2.47. The quantitative estimate of drug-likeness (QED) is 0.812. The van der Waals surface area contributed by atoms with Gasteiger partial charge in [0.25, 0.3) is 0 Å². The third kappa shape index (κ3) is 1.35. The summed E-state index contributed by atoms with van der Waals surface area (Å²) in [6, 6.07) is 9.87. The average molecular weight is 217 g/mol. The van der Waals surface area contributed by atoms with E-state index >= 15 is 0 Å². The van der Waals surface area contributed by atoms with Gasteiger partial charge in [-0.15, -0.1) is 0 Å². The van der Waals surface area contributed by atoms with E-state index in [0.717, 1.165) is 24.9 Å². The molecule has 0 aromatic heterocycles. The molecule has 3 heteroatoms. The zero-order chi connectivity index (χ0) is 11.1. The molecule has 16 heavy (non-hydrogen) atoms. The van der Waals surface area contributed by atoms with Gasteiger partial charge in [0.15, 0.2) is 0 Å². The molecule has 0 spiro atoms. The third-order valence-electron chi connectivity index (χ3n) is 3.79. The van der Waals surface area contributed by atoms with Crippen LogP contribution in [0.25, 0.3) is 0 Å². The van der Waals surface area contributed by atoms with Gasteiger partial charge in [-0.3, -0.25) is 4.79 Å². The second-order valence-electron chi connectivity index (χ2n) is 4.67. The van der Waals surface area contributed by atoms with Gasteiger partial charge in [-0.25, -0.2) is 0 Å². The summed E-state index contributed by atoms with van der Waals surface area (Å²) in [4.78, 5) is 13.8. The standard InChI is InChI=1S/C13H15NO2/c15-12(9-4-2-1-3-5-9)11-8-10-6-7-14(10)13(11)16/h1-5,10-12,15H,6-8H2/t10-,11+,12+/m0/s1. The number of aliphatic hydroxyl groups excluding tert-OH is 1. The summed E-state index contributed by atoms with van der Waals surface area (Å²) >= 11 is 0. The van der Waals surface area contributed by atoms with Crippen LogP contribution >= 0.6 is 0 Å². The molecule has 2 heterocycles. The molecule has 1 aromatic carbocycles. The second-order valence-corrected chi connectivity index (χ2v) is 4.67. The summed E-state index contributed by atoms with van der Waals surface area (Å²) in [5.74, 6) is -0.0949. The number of carbonyl (C=O) groups is 1. The molecule has 1 aromatic rings. The number of carbonyl (C=O) groups excluding carboxylic acids is 1. The van der Waals surface area contributed by atoms with Crippen LogP contribution in [0, 0.1) is 5.92 Å². The lowest BCUT2D eigenvalue weighted by Crippen LogP contribution is -2.45. The fourth-order valence-electron chi connectivity index (χ4n) is 2.73. The van der Waals surface area contributed by atoms with Gasteiger partial charge in [-0.05, 0) is 18.4 Å². The second kappa shape index (κ2) is 3.59. The lowest BCUT2D eigenvalue weighted by atomic mass is 9.92. The number of aliphatic hydroxyl groups is 1. The van der Waals surface area contributed by atoms with Crippen LogP contribution in [0.4, 0.5) is 0 Å². The minimum Gasteiger partial charge on any atom is -0.388 e. The highest BCUT2D eigenvalue weighted by molar-refractivity contribution is 5.83. The van der Waals surface area contributed by atoms with Gasteiger partial charge in [0.05, 0.1) is 12.0 Å². The molecular weight excluding hydrogens is 202 g/mol. The summed E-state index contributed by atoms with van der Waals surface area (Å²) in [6.45, 7) is 0.876. The lowest BCUT2D eigenvalue weighted by molar-refractivity contribution is -0.137. The van der Waals surface area contributed by atoms with Crippen LogP contribution in [-0.2, 0) is 4.79 Å². The van der Waals surface area contributed by atoms with Crippen LogP contribution in [0.2, 0.25) is 0 Å². The van der Waals surface area contributed by atoms with Gasteiger partial charge in [0.1, 0.15) is 0 Å². The first kappa shape index (κ1) is 9.85. The number of nitrogens with zero attached hydrogens (tertiary/aromatic N) is 1. The van der Waals surface area contributed by atoms with Crippen LogP contribution in [0.3, 0.4) is 0 Å². The summed E-state index contributed by atoms with van der Waals surface area (Å²) in [7, 11) is 0. The molecule has 0 bridgehead atoms. The van der Waals surface area contributed by atoms with Crippen molar-refractivity contribution in [3.8, 4) is 0 Å². The highest BCUT2D eigenvalue weighted by atomic mass is 16.3. The molecule has 84 valence electrons. The normalized spacial score (nSPS) is 29.8. The molecule has 2 aliphatic heterocycles. The molecule has 3 atom stereocenters. The van der Waals surface area contributed by atoms with E-state index in [1.54, 1.807) is 0 Å². The van der Waals surface area contributed by atoms with Crippen LogP contribution < -0.4 is 0 Å². The van der Waals surface area contributed by atoms with Crippen molar-refractivity contribution in [3.05, 3.63) is 35.9 Å². The largest absolute Gasteiger partial charge is 0.388 e. The minimum atomic E-state index is -0.640. The Morgan fingerprint density at radius 2 is 2.06 bits per heavy atom. The number of hydrogen-bond donors (Lipinski definition) is 1. The number of benzene rings is 1. The minimum absolute atomic E-state index is 0.132. The first-order chi connectivity index (χ1) is 7.77. The van der Waals surface area contributed by atoms with Gasteiger partial charge in [-0.1, -0.05) is 30.3 Å². The van der Waals surface area contributed by atoms with E-state index in [1.165, 1.54) is 0 Å². The Morgan fingerprint density at radius 1 is 1.31 bits per heavy atom. The highest BCUT2D eigenvalue weighted by Crippen LogP contribution is 2.39. The van der Waals surface area contributed by atoms with Gasteiger partial charge in [-0.2, -0.15) is 0 Å². The summed E-state index contributed by atoms with van der Waals surface area (Å²) < 4.78 is 0. The molecular formula is C13H15NO2. The van der Waals surface area contributed by atoms with E-state index in [4.69, 9.17) is 0 Å². The van der Waals surface area contributed by atoms with E-state index in [9.17, 15) is 9.90 Å². The van der Waals surface area contributed by atoms with Crippen molar-refractivity contribution >= 4 is 5.91 Å². The van der Waals surface area contributed by atoms with Crippen molar-refractivity contribution in [1.82, 2.24) is 4.90 Å². The van der Waals surface area contributed by atoms with Crippen LogP contribution in [0.5, 0.6) is 0 Å². The average Bonchev–Trinajstić information content (AvgIpc) is 2.49. The third-order valence-corrected chi connectivity index (χ3v) is 3.79. The number of rotatable bonds is 2. The molecule has 3 rings (SSSR count). The Bertz CT molecular complexity index is 404. The number of fused-ring (bicyclic) bond motifs is 1. The van der Waals surface area contributed by atoms with Gasteiger partial charge in [0.2, 0.25) is 5.91 Å². The first-order valence-corrected chi connectivity index (χ1v) is 5.81. The molecule has 1 amide bonds. The predicted octanol–water partition coefficient (Wildman–Crippen LogP) is 1.34. The van der Waals surface area contributed by atoms with Gasteiger partial charge < -0.3 is 10.0 Å². The molecule has 2 saturated heterocycles. The summed E-state index contributed by atoms with van der Waals surface area (Å²) in [6.07, 6.45) is 1.28. The van der Waals surface area contributed by atoms with E-state index < -0.39 is 6.10 Å². The van der Waals surface area contributed by atoms with Gasteiger partial charge in [0, 0.05) is 12.6 Å². The maximum absolute atomic E-state index is 11.9. The lowest BCUT2D eigenvalue weighted by Gasteiger charge is -2.34. The molecule has 2 aliphatic rings. The number of hydrogen-bond acceptors (Lipinski definition) is 2. The van der Waals surface area contributed by atoms with Crippen LogP contribution in [0.15, 0.2) is 30.3 Å². The van der Waals surface area contributed by atoms with E-state index in [-0.39, 0.29) is 11.8 Å². The summed E-state index contributed by atoms with van der Waals surface area (Å²) in [5.41, 5.74) is 0.850. The van der Waals surface area contributed by atoms with Crippen molar-refractivity contribution in [2.24, 2.45) is 5.92 Å². The Balaban J connectivity index is 1.81. The maximum Gasteiger partial charge on any atom is 0.228 e. The van der Waals surface area contributed by atoms with Crippen LogP contribution in [0.1, 0.15) is 24.5 Å². The Labute approximate surface area is 94.7 Å². The monoisotopic (exact) mass is 217 g/mol. The van der Waals surface area contributed by atoms with Crippen molar-refractivity contribution in [2.45, 2.75) is 25.0 Å². The SMILES string of the molecule is O=C1[C@@H]([C@H](O)c2ccccc2)C[C@@H]2CCN12. The molecule has 1 N–H and O–H groups in total. The molecule has 2 fully saturated rings. The Kier molecular flexibility index (Phi) is 2.21. The number of amides is 1. The van der Waals surface area contributed by atoms with E-state index in [0.29, 0.717) is 6.04 Å². The van der Waals surface area contributed by atoms with Crippen molar-refractivity contribution in [3.63, 3.8) is 0 Å². The predicted molar refractivity (Wildman–Crippen MR) is 59.6 cm³/mol.